The quantitative estimate of drug-likeness (QED) is 0.540. The fraction of sp³-hybridized carbons (Fsp3) is 1.00. The lowest BCUT2D eigenvalue weighted by Gasteiger charge is -2.32. The lowest BCUT2D eigenvalue weighted by molar-refractivity contribution is 0.0925. The molecular weight excluding hydrogens is 194 g/mol. The number of hydrogen-bond acceptors (Lipinski definition) is 3. The van der Waals surface area contributed by atoms with Crippen LogP contribution in [0, 0.1) is 5.92 Å². The zero-order valence-corrected chi connectivity index (χ0v) is 10.1. The normalized spacial score (nSPS) is 24.0. The molecule has 0 aromatic heterocycles. The number of thiol groups is 1. The van der Waals surface area contributed by atoms with Gasteiger partial charge in [-0.15, -0.1) is 0 Å². The van der Waals surface area contributed by atoms with Crippen LogP contribution in [0.15, 0.2) is 0 Å². The summed E-state index contributed by atoms with van der Waals surface area (Å²) >= 11 is 4.11. The van der Waals surface area contributed by atoms with Crippen molar-refractivity contribution in [3.8, 4) is 0 Å². The molecule has 14 heavy (non-hydrogen) atoms. The molecule has 1 heterocycles. The van der Waals surface area contributed by atoms with Gasteiger partial charge in [0.2, 0.25) is 0 Å². The van der Waals surface area contributed by atoms with E-state index in [1.54, 1.807) is 0 Å². The van der Waals surface area contributed by atoms with Gasteiger partial charge in [-0.1, -0.05) is 13.3 Å². The summed E-state index contributed by atoms with van der Waals surface area (Å²) in [4.78, 5) is 2.54. The smallest absolute Gasteiger partial charge is 0.0593 e. The predicted octanol–water partition coefficient (Wildman–Crippen LogP) is 2.05. The van der Waals surface area contributed by atoms with E-state index in [9.17, 15) is 0 Å². The van der Waals surface area contributed by atoms with E-state index in [1.165, 1.54) is 32.4 Å². The van der Waals surface area contributed by atoms with E-state index in [0.29, 0.717) is 0 Å². The lowest BCUT2D eigenvalue weighted by Crippen LogP contribution is -2.37. The monoisotopic (exact) mass is 217 g/mol. The SMILES string of the molecule is CCC1CCCN(CCOCCS)C1. The Bertz CT molecular complexity index is 143. The highest BCUT2D eigenvalue weighted by Gasteiger charge is 2.17. The third kappa shape index (κ3) is 4.67. The predicted molar refractivity (Wildman–Crippen MR) is 64.1 cm³/mol. The Kier molecular flexibility index (Phi) is 6.65. The first-order valence-corrected chi connectivity index (χ1v) is 6.41. The average Bonchev–Trinajstić information content (AvgIpc) is 2.25. The number of hydrogen-bond donors (Lipinski definition) is 1. The molecule has 1 aliphatic heterocycles. The maximum absolute atomic E-state index is 5.44. The lowest BCUT2D eigenvalue weighted by atomic mass is 9.96. The molecule has 0 spiro atoms. The van der Waals surface area contributed by atoms with Crippen LogP contribution in [0.25, 0.3) is 0 Å². The van der Waals surface area contributed by atoms with E-state index in [0.717, 1.165) is 31.4 Å². The van der Waals surface area contributed by atoms with E-state index in [-0.39, 0.29) is 0 Å². The van der Waals surface area contributed by atoms with Crippen LogP contribution >= 0.6 is 12.6 Å². The van der Waals surface area contributed by atoms with Crippen molar-refractivity contribution in [3.05, 3.63) is 0 Å². The van der Waals surface area contributed by atoms with Crippen LogP contribution in [-0.2, 0) is 4.74 Å². The summed E-state index contributed by atoms with van der Waals surface area (Å²) in [6.07, 6.45) is 4.11. The van der Waals surface area contributed by atoms with Gasteiger partial charge in [0, 0.05) is 18.8 Å². The van der Waals surface area contributed by atoms with Gasteiger partial charge in [-0.3, -0.25) is 0 Å². The minimum Gasteiger partial charge on any atom is -0.379 e. The molecule has 0 aromatic rings. The van der Waals surface area contributed by atoms with Crippen LogP contribution < -0.4 is 0 Å². The van der Waals surface area contributed by atoms with Crippen LogP contribution in [0.1, 0.15) is 26.2 Å². The number of piperidine rings is 1. The van der Waals surface area contributed by atoms with Crippen molar-refractivity contribution in [2.24, 2.45) is 5.92 Å². The van der Waals surface area contributed by atoms with E-state index in [1.807, 2.05) is 0 Å². The molecule has 1 unspecified atom stereocenters. The molecule has 1 aliphatic rings. The van der Waals surface area contributed by atoms with Gasteiger partial charge >= 0.3 is 0 Å². The van der Waals surface area contributed by atoms with E-state index >= 15 is 0 Å². The molecule has 1 rings (SSSR count). The molecule has 84 valence electrons. The van der Waals surface area contributed by atoms with Crippen LogP contribution in [0.5, 0.6) is 0 Å². The molecular formula is C11H23NOS. The molecule has 1 fully saturated rings. The van der Waals surface area contributed by atoms with E-state index in [2.05, 4.69) is 24.5 Å². The standard InChI is InChI=1S/C11H23NOS/c1-2-11-4-3-5-12(10-11)6-7-13-8-9-14/h11,14H,2-10H2,1H3. The molecule has 0 radical (unpaired) electrons. The summed E-state index contributed by atoms with van der Waals surface area (Å²) in [5.74, 6) is 1.76. The van der Waals surface area contributed by atoms with Gasteiger partial charge in [0.25, 0.3) is 0 Å². The van der Waals surface area contributed by atoms with Crippen LogP contribution in [0.4, 0.5) is 0 Å². The van der Waals surface area contributed by atoms with Gasteiger partial charge in [0.05, 0.1) is 13.2 Å². The van der Waals surface area contributed by atoms with Gasteiger partial charge in [-0.05, 0) is 25.3 Å². The largest absolute Gasteiger partial charge is 0.379 e. The summed E-state index contributed by atoms with van der Waals surface area (Å²) in [5.41, 5.74) is 0. The average molecular weight is 217 g/mol. The van der Waals surface area contributed by atoms with Crippen molar-refractivity contribution in [1.29, 1.82) is 0 Å². The summed E-state index contributed by atoms with van der Waals surface area (Å²) in [6.45, 7) is 7.60. The Hall–Kier alpha value is 0.270. The van der Waals surface area contributed by atoms with E-state index < -0.39 is 0 Å². The van der Waals surface area contributed by atoms with Gasteiger partial charge in [0.1, 0.15) is 0 Å². The Balaban J connectivity index is 2.05. The summed E-state index contributed by atoms with van der Waals surface area (Å²) in [6, 6.07) is 0. The van der Waals surface area contributed by atoms with Crippen molar-refractivity contribution < 1.29 is 4.74 Å². The fourth-order valence-electron chi connectivity index (χ4n) is 2.05. The fourth-order valence-corrected chi connectivity index (χ4v) is 2.18. The first-order chi connectivity index (χ1) is 6.86. The highest BCUT2D eigenvalue weighted by Crippen LogP contribution is 2.18. The highest BCUT2D eigenvalue weighted by atomic mass is 32.1. The molecule has 0 amide bonds. The second-order valence-corrected chi connectivity index (χ2v) is 4.50. The maximum Gasteiger partial charge on any atom is 0.0593 e. The molecule has 1 atom stereocenters. The molecule has 2 nitrogen and oxygen atoms in total. The molecule has 0 N–H and O–H groups in total. The zero-order chi connectivity index (χ0) is 10.2. The second kappa shape index (κ2) is 7.55. The van der Waals surface area contributed by atoms with Gasteiger partial charge in [-0.2, -0.15) is 12.6 Å². The molecule has 1 saturated heterocycles. The van der Waals surface area contributed by atoms with Crippen molar-refractivity contribution >= 4 is 12.6 Å². The molecule has 0 aliphatic carbocycles. The summed E-state index contributed by atoms with van der Waals surface area (Å²) in [7, 11) is 0. The molecule has 0 bridgehead atoms. The molecule has 0 saturated carbocycles. The Labute approximate surface area is 93.4 Å². The highest BCUT2D eigenvalue weighted by molar-refractivity contribution is 7.80. The van der Waals surface area contributed by atoms with Crippen LogP contribution in [0.3, 0.4) is 0 Å². The minimum atomic E-state index is 0.786. The molecule has 0 aromatic carbocycles. The summed E-state index contributed by atoms with van der Waals surface area (Å²) < 4.78 is 5.44. The minimum absolute atomic E-state index is 0.786. The number of likely N-dealkylation sites (tertiary alicyclic amines) is 1. The first-order valence-electron chi connectivity index (χ1n) is 5.77. The van der Waals surface area contributed by atoms with Gasteiger partial charge < -0.3 is 9.64 Å². The Morgan fingerprint density at radius 2 is 2.29 bits per heavy atom. The van der Waals surface area contributed by atoms with Crippen molar-refractivity contribution in [2.45, 2.75) is 26.2 Å². The van der Waals surface area contributed by atoms with Crippen LogP contribution in [-0.4, -0.2) is 43.5 Å². The van der Waals surface area contributed by atoms with Crippen molar-refractivity contribution in [1.82, 2.24) is 4.90 Å². The second-order valence-electron chi connectivity index (χ2n) is 4.05. The Morgan fingerprint density at radius 1 is 1.43 bits per heavy atom. The first kappa shape index (κ1) is 12.3. The third-order valence-corrected chi connectivity index (χ3v) is 3.15. The number of nitrogens with zero attached hydrogens (tertiary/aromatic N) is 1. The van der Waals surface area contributed by atoms with Crippen molar-refractivity contribution in [3.63, 3.8) is 0 Å². The molecule has 3 heteroatoms. The summed E-state index contributed by atoms with van der Waals surface area (Å²) in [5, 5.41) is 0. The van der Waals surface area contributed by atoms with Crippen LogP contribution in [0.2, 0.25) is 0 Å². The van der Waals surface area contributed by atoms with Gasteiger partial charge in [-0.25, -0.2) is 0 Å². The van der Waals surface area contributed by atoms with Crippen molar-refractivity contribution in [2.75, 3.05) is 38.6 Å². The maximum atomic E-state index is 5.44. The number of rotatable bonds is 6. The van der Waals surface area contributed by atoms with Gasteiger partial charge in [0.15, 0.2) is 0 Å². The zero-order valence-electron chi connectivity index (χ0n) is 9.24. The third-order valence-electron chi connectivity index (χ3n) is 2.97. The number of ether oxygens (including phenoxy) is 1. The Morgan fingerprint density at radius 3 is 3.00 bits per heavy atom. The van der Waals surface area contributed by atoms with E-state index in [4.69, 9.17) is 4.74 Å². The topological polar surface area (TPSA) is 12.5 Å².